The molecule has 4 heterocycles. The average Bonchev–Trinajstić information content (AvgIpc) is 3.41. The van der Waals surface area contributed by atoms with Gasteiger partial charge in [0, 0.05) is 10.6 Å². The zero-order valence-corrected chi connectivity index (χ0v) is 21.0. The van der Waals surface area contributed by atoms with Crippen molar-refractivity contribution in [1.82, 2.24) is 19.6 Å². The summed E-state index contributed by atoms with van der Waals surface area (Å²) in [5.41, 5.74) is 3.23. The fourth-order valence-corrected chi connectivity index (χ4v) is 5.49. The van der Waals surface area contributed by atoms with E-state index in [1.165, 1.54) is 0 Å². The highest BCUT2D eigenvalue weighted by atomic mass is 35.5. The molecule has 0 fully saturated rings. The largest absolute Gasteiger partial charge is 0.437 e. The van der Waals surface area contributed by atoms with Crippen LogP contribution >= 0.6 is 11.6 Å². The van der Waals surface area contributed by atoms with Gasteiger partial charge in [0.2, 0.25) is 5.88 Å². The Bertz CT molecular complexity index is 2150. The van der Waals surface area contributed by atoms with Gasteiger partial charge in [-0.15, -0.1) is 5.10 Å². The minimum absolute atomic E-state index is 0.364. The predicted molar refractivity (Wildman–Crippen MR) is 149 cm³/mol. The number of para-hydroxylation sites is 1. The molecule has 0 aliphatic carbocycles. The van der Waals surface area contributed by atoms with Crippen LogP contribution in [0.25, 0.3) is 38.8 Å². The van der Waals surface area contributed by atoms with Crippen molar-refractivity contribution in [3.05, 3.63) is 129 Å². The van der Waals surface area contributed by atoms with Crippen molar-refractivity contribution in [2.75, 3.05) is 0 Å². The van der Waals surface area contributed by atoms with E-state index in [0.717, 1.165) is 21.9 Å². The second-order valence-corrected chi connectivity index (χ2v) is 9.88. The van der Waals surface area contributed by atoms with E-state index < -0.39 is 11.5 Å². The maximum absolute atomic E-state index is 13.5. The average molecular weight is 529 g/mol. The number of aromatic nitrogens is 4. The molecule has 186 valence electrons. The second kappa shape index (κ2) is 8.24. The molecule has 39 heavy (non-hydrogen) atoms. The Labute approximate surface area is 225 Å². The molecule has 4 aromatic carbocycles. The molecule has 3 aromatic heterocycles. The quantitative estimate of drug-likeness (QED) is 0.225. The number of ether oxygens (including phenoxy) is 1. The van der Waals surface area contributed by atoms with E-state index in [1.807, 2.05) is 48.5 Å². The van der Waals surface area contributed by atoms with Gasteiger partial charge < -0.3 is 9.15 Å². The second-order valence-electron chi connectivity index (χ2n) is 9.44. The van der Waals surface area contributed by atoms with E-state index in [1.54, 1.807) is 29.0 Å². The first-order valence-corrected chi connectivity index (χ1v) is 12.8. The van der Waals surface area contributed by atoms with Crippen molar-refractivity contribution in [2.24, 2.45) is 0 Å². The summed E-state index contributed by atoms with van der Waals surface area (Å²) in [5.74, 6) is 0.775. The van der Waals surface area contributed by atoms with Gasteiger partial charge in [-0.1, -0.05) is 72.3 Å². The molecule has 0 bridgehead atoms. The third-order valence-electron chi connectivity index (χ3n) is 7.17. The summed E-state index contributed by atoms with van der Waals surface area (Å²) in [6.07, 6.45) is 1.59. The molecule has 1 aliphatic heterocycles. The fourth-order valence-electron chi connectivity index (χ4n) is 5.37. The molecular weight excluding hydrogens is 512 g/mol. The van der Waals surface area contributed by atoms with Crippen LogP contribution in [0.4, 0.5) is 0 Å². The van der Waals surface area contributed by atoms with E-state index in [-0.39, 0.29) is 0 Å². The van der Waals surface area contributed by atoms with Crippen LogP contribution in [-0.2, 0) is 0 Å². The van der Waals surface area contributed by atoms with Gasteiger partial charge in [0.25, 0.3) is 0 Å². The number of benzene rings is 4. The highest BCUT2D eigenvalue weighted by Crippen LogP contribution is 2.48. The van der Waals surface area contributed by atoms with E-state index in [0.29, 0.717) is 50.2 Å². The minimum atomic E-state index is -0.563. The van der Waals surface area contributed by atoms with Gasteiger partial charge in [-0.3, -0.25) is 0 Å². The first kappa shape index (κ1) is 22.0. The Hall–Kier alpha value is -5.01. The smallest absolute Gasteiger partial charge is 0.344 e. The topological polar surface area (TPSA) is 82.5 Å². The molecule has 8 rings (SSSR count). The van der Waals surface area contributed by atoms with Crippen LogP contribution in [0.3, 0.4) is 0 Å². The molecule has 0 saturated carbocycles. The highest BCUT2D eigenvalue weighted by molar-refractivity contribution is 6.30. The molecule has 0 amide bonds. The predicted octanol–water partition coefficient (Wildman–Crippen LogP) is 6.99. The molecule has 0 saturated heterocycles. The van der Waals surface area contributed by atoms with E-state index in [2.05, 4.69) is 29.2 Å². The van der Waals surface area contributed by atoms with Crippen LogP contribution < -0.4 is 10.4 Å². The van der Waals surface area contributed by atoms with Crippen molar-refractivity contribution >= 4 is 39.0 Å². The van der Waals surface area contributed by atoms with Gasteiger partial charge in [0.15, 0.2) is 17.2 Å². The monoisotopic (exact) mass is 528 g/mol. The van der Waals surface area contributed by atoms with Crippen molar-refractivity contribution in [2.45, 2.75) is 5.92 Å². The molecule has 7 aromatic rings. The van der Waals surface area contributed by atoms with Crippen LogP contribution in [-0.4, -0.2) is 19.6 Å². The zero-order valence-electron chi connectivity index (χ0n) is 20.2. The number of nitrogens with zero attached hydrogens (tertiary/aromatic N) is 4. The lowest BCUT2D eigenvalue weighted by Crippen LogP contribution is -2.22. The molecule has 8 heteroatoms. The summed E-state index contributed by atoms with van der Waals surface area (Å²) in [5, 5.41) is 8.24. The normalized spacial score (nSPS) is 14.3. The lowest BCUT2D eigenvalue weighted by atomic mass is 9.84. The van der Waals surface area contributed by atoms with E-state index >= 15 is 0 Å². The number of hydrogen-bond donors (Lipinski definition) is 0. The van der Waals surface area contributed by atoms with Crippen molar-refractivity contribution in [1.29, 1.82) is 0 Å². The number of fused-ring (bicyclic) bond motifs is 7. The third kappa shape index (κ3) is 3.37. The van der Waals surface area contributed by atoms with Crippen LogP contribution in [0.15, 0.2) is 107 Å². The van der Waals surface area contributed by atoms with Gasteiger partial charge in [-0.2, -0.15) is 0 Å². The Morgan fingerprint density at radius 3 is 2.51 bits per heavy atom. The van der Waals surface area contributed by atoms with Crippen LogP contribution in [0, 0.1) is 0 Å². The van der Waals surface area contributed by atoms with Gasteiger partial charge in [-0.05, 0) is 46.7 Å². The summed E-state index contributed by atoms with van der Waals surface area (Å²) in [4.78, 5) is 23.0. The molecule has 1 unspecified atom stereocenters. The molecule has 0 N–H and O–H groups in total. The Balaban J connectivity index is 1.40. The Kier molecular flexibility index (Phi) is 4.65. The number of rotatable bonds is 2. The summed E-state index contributed by atoms with van der Waals surface area (Å²) >= 11 is 6.22. The zero-order chi connectivity index (χ0) is 26.1. The van der Waals surface area contributed by atoms with E-state index in [9.17, 15) is 4.79 Å². The summed E-state index contributed by atoms with van der Waals surface area (Å²) < 4.78 is 13.7. The summed E-state index contributed by atoms with van der Waals surface area (Å²) in [6.45, 7) is 0. The maximum Gasteiger partial charge on any atom is 0.344 e. The number of halogens is 1. The fraction of sp³-hybridized carbons (Fsp3) is 0.0323. The number of hydrogen-bond acceptors (Lipinski definition) is 6. The summed E-state index contributed by atoms with van der Waals surface area (Å²) in [7, 11) is 0. The SMILES string of the molecule is O=c1oc2ccccc2c2c1C(c1ccc(Cl)cc1)c1c(ncn3nc(-c4ccc5ccccc5c4)nc13)O2. The van der Waals surface area contributed by atoms with E-state index in [4.69, 9.17) is 30.8 Å². The van der Waals surface area contributed by atoms with Gasteiger partial charge in [0.1, 0.15) is 11.9 Å². The molecule has 0 spiro atoms. The van der Waals surface area contributed by atoms with Crippen molar-refractivity contribution in [3.8, 4) is 23.0 Å². The lowest BCUT2D eigenvalue weighted by molar-refractivity contribution is 0.422. The summed E-state index contributed by atoms with van der Waals surface area (Å²) in [6, 6.07) is 29.0. The van der Waals surface area contributed by atoms with Crippen molar-refractivity contribution < 1.29 is 9.15 Å². The van der Waals surface area contributed by atoms with Gasteiger partial charge >= 0.3 is 5.63 Å². The minimum Gasteiger partial charge on any atom is -0.437 e. The lowest BCUT2D eigenvalue weighted by Gasteiger charge is -2.27. The molecule has 1 atom stereocenters. The third-order valence-corrected chi connectivity index (χ3v) is 7.42. The van der Waals surface area contributed by atoms with Crippen LogP contribution in [0.2, 0.25) is 5.02 Å². The maximum atomic E-state index is 13.5. The molecule has 7 nitrogen and oxygen atoms in total. The van der Waals surface area contributed by atoms with Gasteiger partial charge in [0.05, 0.1) is 22.4 Å². The van der Waals surface area contributed by atoms with Crippen LogP contribution in [0.5, 0.6) is 11.6 Å². The van der Waals surface area contributed by atoms with Crippen LogP contribution in [0.1, 0.15) is 22.6 Å². The van der Waals surface area contributed by atoms with Crippen molar-refractivity contribution in [3.63, 3.8) is 0 Å². The van der Waals surface area contributed by atoms with Gasteiger partial charge in [-0.25, -0.2) is 19.3 Å². The first-order chi connectivity index (χ1) is 19.1. The molecular formula is C31H17ClN4O3. The molecule has 1 aliphatic rings. The Morgan fingerprint density at radius 1 is 0.846 bits per heavy atom. The standard InChI is InChI=1S/C31H17ClN4O3/c32-21-13-11-18(12-14-21)24-25-27(22-7-3-4-8-23(22)38-31(25)37)39-30-26(24)29-34-28(35-36(29)16-33-30)20-10-9-17-5-1-2-6-19(17)15-20/h1-16,24H. The Morgan fingerprint density at radius 2 is 1.64 bits per heavy atom. The highest BCUT2D eigenvalue weighted by Gasteiger charge is 2.37. The molecule has 0 radical (unpaired) electrons. The first-order valence-electron chi connectivity index (χ1n) is 12.4.